The van der Waals surface area contributed by atoms with E-state index < -0.39 is 0 Å². The summed E-state index contributed by atoms with van der Waals surface area (Å²) in [5.41, 5.74) is 0.934. The Morgan fingerprint density at radius 3 is 3.00 bits per heavy atom. The average molecular weight is 256 g/mol. The third kappa shape index (κ3) is 2.07. The number of benzene rings is 1. The van der Waals surface area contributed by atoms with Crippen molar-refractivity contribution in [2.24, 2.45) is 0 Å². The number of ether oxygens (including phenoxy) is 1. The number of carbonyl (C=O) groups is 1. The molecule has 1 atom stereocenters. The van der Waals surface area contributed by atoms with E-state index in [1.54, 1.807) is 0 Å². The van der Waals surface area contributed by atoms with Crippen LogP contribution in [0.25, 0.3) is 0 Å². The molecule has 1 aliphatic heterocycles. The SMILES string of the molecule is O=C1OCCC1Nc1cccc(Br)c1. The summed E-state index contributed by atoms with van der Waals surface area (Å²) in [5, 5.41) is 3.13. The number of halogens is 1. The number of esters is 1. The molecule has 1 unspecified atom stereocenters. The monoisotopic (exact) mass is 255 g/mol. The first-order valence-corrected chi connectivity index (χ1v) is 5.24. The minimum absolute atomic E-state index is 0.162. The van der Waals surface area contributed by atoms with Gasteiger partial charge in [0.1, 0.15) is 6.04 Å². The molecule has 0 bridgehead atoms. The third-order valence-corrected chi connectivity index (χ3v) is 2.59. The summed E-state index contributed by atoms with van der Waals surface area (Å²) in [7, 11) is 0. The second-order valence-electron chi connectivity index (χ2n) is 3.16. The summed E-state index contributed by atoms with van der Waals surface area (Å²) in [4.78, 5) is 11.2. The highest BCUT2D eigenvalue weighted by atomic mass is 79.9. The van der Waals surface area contributed by atoms with Gasteiger partial charge in [0.15, 0.2) is 0 Å². The summed E-state index contributed by atoms with van der Waals surface area (Å²) in [6.07, 6.45) is 0.741. The molecule has 4 heteroatoms. The predicted octanol–water partition coefficient (Wildman–Crippen LogP) is 2.18. The zero-order valence-corrected chi connectivity index (χ0v) is 9.08. The van der Waals surface area contributed by atoms with E-state index in [0.29, 0.717) is 6.61 Å². The van der Waals surface area contributed by atoms with E-state index in [9.17, 15) is 4.79 Å². The van der Waals surface area contributed by atoms with E-state index in [-0.39, 0.29) is 12.0 Å². The van der Waals surface area contributed by atoms with Crippen LogP contribution in [0.4, 0.5) is 5.69 Å². The van der Waals surface area contributed by atoms with Gasteiger partial charge in [-0.25, -0.2) is 4.79 Å². The molecule has 1 aliphatic rings. The Morgan fingerprint density at radius 1 is 1.50 bits per heavy atom. The lowest BCUT2D eigenvalue weighted by Gasteiger charge is -2.09. The number of hydrogen-bond acceptors (Lipinski definition) is 3. The topological polar surface area (TPSA) is 38.3 Å². The Balaban J connectivity index is 2.07. The minimum Gasteiger partial charge on any atom is -0.464 e. The van der Waals surface area contributed by atoms with Crippen molar-refractivity contribution >= 4 is 27.6 Å². The summed E-state index contributed by atoms with van der Waals surface area (Å²) in [6.45, 7) is 0.518. The van der Waals surface area contributed by atoms with E-state index in [1.807, 2.05) is 24.3 Å². The second kappa shape index (κ2) is 4.00. The first-order chi connectivity index (χ1) is 6.75. The van der Waals surface area contributed by atoms with Gasteiger partial charge in [-0.05, 0) is 18.2 Å². The minimum atomic E-state index is -0.190. The van der Waals surface area contributed by atoms with Gasteiger partial charge in [-0.3, -0.25) is 0 Å². The van der Waals surface area contributed by atoms with Crippen molar-refractivity contribution < 1.29 is 9.53 Å². The molecule has 0 radical (unpaired) electrons. The van der Waals surface area contributed by atoms with Crippen molar-refractivity contribution in [2.45, 2.75) is 12.5 Å². The highest BCUT2D eigenvalue weighted by Gasteiger charge is 2.25. The first-order valence-electron chi connectivity index (χ1n) is 4.44. The van der Waals surface area contributed by atoms with E-state index in [4.69, 9.17) is 4.74 Å². The maximum Gasteiger partial charge on any atom is 0.328 e. The van der Waals surface area contributed by atoms with Gasteiger partial charge in [-0.2, -0.15) is 0 Å². The fourth-order valence-corrected chi connectivity index (χ4v) is 1.81. The fraction of sp³-hybridized carbons (Fsp3) is 0.300. The molecule has 2 rings (SSSR count). The number of cyclic esters (lactones) is 1. The molecule has 3 nitrogen and oxygen atoms in total. The van der Waals surface area contributed by atoms with E-state index in [1.165, 1.54) is 0 Å². The highest BCUT2D eigenvalue weighted by Crippen LogP contribution is 2.18. The van der Waals surface area contributed by atoms with Crippen LogP contribution in [0.2, 0.25) is 0 Å². The molecule has 0 aliphatic carbocycles. The number of nitrogens with one attached hydrogen (secondary N) is 1. The summed E-state index contributed by atoms with van der Waals surface area (Å²) in [5.74, 6) is -0.162. The van der Waals surface area contributed by atoms with Crippen molar-refractivity contribution in [1.29, 1.82) is 0 Å². The molecule has 74 valence electrons. The van der Waals surface area contributed by atoms with Gasteiger partial charge in [0.05, 0.1) is 6.61 Å². The van der Waals surface area contributed by atoms with Crippen LogP contribution in [0.3, 0.4) is 0 Å². The molecule has 14 heavy (non-hydrogen) atoms. The lowest BCUT2D eigenvalue weighted by Crippen LogP contribution is -2.24. The number of rotatable bonds is 2. The van der Waals surface area contributed by atoms with Gasteiger partial charge in [0.25, 0.3) is 0 Å². The van der Waals surface area contributed by atoms with Crippen LogP contribution in [0.5, 0.6) is 0 Å². The number of anilines is 1. The lowest BCUT2D eigenvalue weighted by atomic mass is 10.2. The Kier molecular flexibility index (Phi) is 2.72. The molecule has 1 N–H and O–H groups in total. The predicted molar refractivity (Wildman–Crippen MR) is 57.1 cm³/mol. The van der Waals surface area contributed by atoms with Crippen molar-refractivity contribution in [2.75, 3.05) is 11.9 Å². The van der Waals surface area contributed by atoms with Gasteiger partial charge in [-0.15, -0.1) is 0 Å². The molecule has 0 saturated carbocycles. The van der Waals surface area contributed by atoms with E-state index >= 15 is 0 Å². The maximum atomic E-state index is 11.2. The zero-order chi connectivity index (χ0) is 9.97. The van der Waals surface area contributed by atoms with Gasteiger partial charge >= 0.3 is 5.97 Å². The molecule has 0 aromatic heterocycles. The summed E-state index contributed by atoms with van der Waals surface area (Å²) in [6, 6.07) is 7.54. The smallest absolute Gasteiger partial charge is 0.328 e. The van der Waals surface area contributed by atoms with Crippen molar-refractivity contribution in [1.82, 2.24) is 0 Å². The average Bonchev–Trinajstić information content (AvgIpc) is 2.52. The Labute approximate surface area is 90.6 Å². The molecule has 1 aromatic carbocycles. The molecule has 1 saturated heterocycles. The van der Waals surface area contributed by atoms with Crippen LogP contribution >= 0.6 is 15.9 Å². The van der Waals surface area contributed by atoms with Gasteiger partial charge in [0, 0.05) is 16.6 Å². The zero-order valence-electron chi connectivity index (χ0n) is 7.50. The Bertz CT molecular complexity index is 354. The highest BCUT2D eigenvalue weighted by molar-refractivity contribution is 9.10. The number of hydrogen-bond donors (Lipinski definition) is 1. The molecular weight excluding hydrogens is 246 g/mol. The molecule has 1 heterocycles. The van der Waals surface area contributed by atoms with Crippen LogP contribution in [-0.2, 0) is 9.53 Å². The quantitative estimate of drug-likeness (QED) is 0.824. The second-order valence-corrected chi connectivity index (χ2v) is 4.08. The largest absolute Gasteiger partial charge is 0.464 e. The first kappa shape index (κ1) is 9.52. The van der Waals surface area contributed by atoms with Crippen molar-refractivity contribution in [3.63, 3.8) is 0 Å². The summed E-state index contributed by atoms with van der Waals surface area (Å²) >= 11 is 3.37. The lowest BCUT2D eigenvalue weighted by molar-refractivity contribution is -0.138. The van der Waals surface area contributed by atoms with Gasteiger partial charge in [0.2, 0.25) is 0 Å². The molecular formula is C10H10BrNO2. The Hall–Kier alpha value is -1.03. The van der Waals surface area contributed by atoms with Crippen molar-refractivity contribution in [3.8, 4) is 0 Å². The van der Waals surface area contributed by atoms with E-state index in [2.05, 4.69) is 21.2 Å². The van der Waals surface area contributed by atoms with Crippen LogP contribution in [0, 0.1) is 0 Å². The van der Waals surface area contributed by atoms with Crippen LogP contribution in [0.15, 0.2) is 28.7 Å². The summed E-state index contributed by atoms with van der Waals surface area (Å²) < 4.78 is 5.85. The van der Waals surface area contributed by atoms with Gasteiger partial charge in [-0.1, -0.05) is 22.0 Å². The Morgan fingerprint density at radius 2 is 2.36 bits per heavy atom. The number of carbonyl (C=O) groups excluding carboxylic acids is 1. The van der Waals surface area contributed by atoms with E-state index in [0.717, 1.165) is 16.6 Å². The van der Waals surface area contributed by atoms with Crippen LogP contribution < -0.4 is 5.32 Å². The van der Waals surface area contributed by atoms with Gasteiger partial charge < -0.3 is 10.1 Å². The molecule has 1 aromatic rings. The normalized spacial score (nSPS) is 20.6. The molecule has 0 spiro atoms. The van der Waals surface area contributed by atoms with Crippen molar-refractivity contribution in [3.05, 3.63) is 28.7 Å². The third-order valence-electron chi connectivity index (χ3n) is 2.10. The molecule has 1 fully saturated rings. The van der Waals surface area contributed by atoms with Crippen LogP contribution in [0.1, 0.15) is 6.42 Å². The fourth-order valence-electron chi connectivity index (χ4n) is 1.41. The van der Waals surface area contributed by atoms with Crippen LogP contribution in [-0.4, -0.2) is 18.6 Å². The standard InChI is InChI=1S/C10H10BrNO2/c11-7-2-1-3-8(6-7)12-9-4-5-14-10(9)13/h1-3,6,9,12H,4-5H2. The molecule has 0 amide bonds. The maximum absolute atomic E-state index is 11.2.